The zero-order valence-corrected chi connectivity index (χ0v) is 13.5. The van der Waals surface area contributed by atoms with Gasteiger partial charge >= 0.3 is 6.61 Å². The highest BCUT2D eigenvalue weighted by Crippen LogP contribution is 2.29. The number of carbonyl (C=O) groups excluding carboxylic acids is 1. The number of carbonyl (C=O) groups is 1. The van der Waals surface area contributed by atoms with E-state index in [0.717, 1.165) is 5.56 Å². The van der Waals surface area contributed by atoms with E-state index in [2.05, 4.69) is 10.1 Å². The number of hydrogen-bond donors (Lipinski definition) is 1. The minimum Gasteiger partial charge on any atom is -0.493 e. The van der Waals surface area contributed by atoms with Crippen molar-refractivity contribution in [3.8, 4) is 11.5 Å². The van der Waals surface area contributed by atoms with E-state index in [1.165, 1.54) is 25.3 Å². The van der Waals surface area contributed by atoms with Gasteiger partial charge in [-0.15, -0.1) is 0 Å². The molecule has 0 saturated carbocycles. The highest BCUT2D eigenvalue weighted by atomic mass is 19.3. The van der Waals surface area contributed by atoms with Crippen LogP contribution in [0.2, 0.25) is 0 Å². The summed E-state index contributed by atoms with van der Waals surface area (Å²) >= 11 is 0. The summed E-state index contributed by atoms with van der Waals surface area (Å²) in [4.78, 5) is 12.2. The Kier molecular flexibility index (Phi) is 6.12. The van der Waals surface area contributed by atoms with Gasteiger partial charge in [0.25, 0.3) is 5.91 Å². The molecule has 6 heteroatoms. The maximum absolute atomic E-state index is 12.3. The van der Waals surface area contributed by atoms with Gasteiger partial charge in [0.05, 0.1) is 7.11 Å². The van der Waals surface area contributed by atoms with E-state index < -0.39 is 6.61 Å². The molecule has 0 aromatic heterocycles. The average molecular weight is 335 g/mol. The second-order valence-electron chi connectivity index (χ2n) is 5.27. The molecule has 1 N–H and O–H groups in total. The number of hydrogen-bond acceptors (Lipinski definition) is 3. The Morgan fingerprint density at radius 1 is 1.12 bits per heavy atom. The van der Waals surface area contributed by atoms with Crippen molar-refractivity contribution >= 4 is 5.91 Å². The monoisotopic (exact) mass is 335 g/mol. The molecule has 0 aliphatic carbocycles. The third-order valence-corrected chi connectivity index (χ3v) is 3.58. The number of alkyl halides is 2. The van der Waals surface area contributed by atoms with Crippen molar-refractivity contribution in [2.75, 3.05) is 13.7 Å². The van der Waals surface area contributed by atoms with Crippen LogP contribution in [0.1, 0.15) is 28.8 Å². The van der Waals surface area contributed by atoms with Crippen molar-refractivity contribution < 1.29 is 23.0 Å². The van der Waals surface area contributed by atoms with Crippen LogP contribution in [0.3, 0.4) is 0 Å². The lowest BCUT2D eigenvalue weighted by molar-refractivity contribution is -0.0512. The summed E-state index contributed by atoms with van der Waals surface area (Å²) in [6, 6.07) is 13.9. The van der Waals surface area contributed by atoms with Gasteiger partial charge in [-0.05, 0) is 29.7 Å². The Balaban J connectivity index is 2.02. The molecule has 0 heterocycles. The van der Waals surface area contributed by atoms with E-state index in [1.54, 1.807) is 0 Å². The number of ether oxygens (including phenoxy) is 2. The van der Waals surface area contributed by atoms with Crippen LogP contribution >= 0.6 is 0 Å². The molecule has 24 heavy (non-hydrogen) atoms. The SMILES string of the molecule is COc1cc(C(=O)NC[C@H](C)c2ccccc2)ccc1OC(F)F. The smallest absolute Gasteiger partial charge is 0.387 e. The Labute approximate surface area is 139 Å². The zero-order valence-electron chi connectivity index (χ0n) is 13.5. The summed E-state index contributed by atoms with van der Waals surface area (Å²) in [5, 5.41) is 2.83. The van der Waals surface area contributed by atoms with E-state index in [0.29, 0.717) is 12.1 Å². The van der Waals surface area contributed by atoms with Gasteiger partial charge in [0.15, 0.2) is 11.5 Å². The standard InChI is InChI=1S/C18H19F2NO3/c1-12(13-6-4-3-5-7-13)11-21-17(22)14-8-9-15(24-18(19)20)16(10-14)23-2/h3-10,12,18H,11H2,1-2H3,(H,21,22)/t12-/m0/s1. The van der Waals surface area contributed by atoms with E-state index in [4.69, 9.17) is 4.74 Å². The van der Waals surface area contributed by atoms with Gasteiger partial charge in [-0.25, -0.2) is 0 Å². The molecular formula is C18H19F2NO3. The lowest BCUT2D eigenvalue weighted by atomic mass is 10.0. The molecule has 0 unspecified atom stereocenters. The van der Waals surface area contributed by atoms with Gasteiger partial charge in [-0.1, -0.05) is 37.3 Å². The molecule has 4 nitrogen and oxygen atoms in total. The van der Waals surface area contributed by atoms with Crippen LogP contribution < -0.4 is 14.8 Å². The molecule has 0 fully saturated rings. The fourth-order valence-corrected chi connectivity index (χ4v) is 2.25. The first-order chi connectivity index (χ1) is 11.5. The topological polar surface area (TPSA) is 47.6 Å². The normalized spacial score (nSPS) is 11.9. The third-order valence-electron chi connectivity index (χ3n) is 3.58. The van der Waals surface area contributed by atoms with Crippen LogP contribution in [0.4, 0.5) is 8.78 Å². The maximum atomic E-state index is 12.3. The van der Waals surface area contributed by atoms with Crippen molar-refractivity contribution in [3.05, 3.63) is 59.7 Å². The first-order valence-electron chi connectivity index (χ1n) is 7.47. The van der Waals surface area contributed by atoms with Crippen LogP contribution in [0.25, 0.3) is 0 Å². The number of nitrogens with one attached hydrogen (secondary N) is 1. The first kappa shape index (κ1) is 17.7. The fraction of sp³-hybridized carbons (Fsp3) is 0.278. The van der Waals surface area contributed by atoms with Crippen LogP contribution in [0.15, 0.2) is 48.5 Å². The zero-order chi connectivity index (χ0) is 17.5. The Bertz CT molecular complexity index is 677. The van der Waals surface area contributed by atoms with Gasteiger partial charge in [0.1, 0.15) is 0 Å². The molecule has 2 rings (SSSR count). The van der Waals surface area contributed by atoms with Crippen molar-refractivity contribution in [2.24, 2.45) is 0 Å². The van der Waals surface area contributed by atoms with Crippen LogP contribution in [0, 0.1) is 0 Å². The summed E-state index contributed by atoms with van der Waals surface area (Å²) in [5.74, 6) is -0.182. The molecule has 0 radical (unpaired) electrons. The van der Waals surface area contributed by atoms with E-state index in [1.807, 2.05) is 37.3 Å². The van der Waals surface area contributed by atoms with Gasteiger partial charge in [0.2, 0.25) is 0 Å². The molecule has 0 aliphatic heterocycles. The second kappa shape index (κ2) is 8.29. The molecule has 2 aromatic rings. The summed E-state index contributed by atoms with van der Waals surface area (Å²) in [7, 11) is 1.33. The summed E-state index contributed by atoms with van der Waals surface area (Å²) in [6.07, 6.45) is 0. The van der Waals surface area contributed by atoms with E-state index in [-0.39, 0.29) is 23.3 Å². The van der Waals surface area contributed by atoms with Gasteiger partial charge in [0, 0.05) is 12.1 Å². The highest BCUT2D eigenvalue weighted by molar-refractivity contribution is 5.94. The molecule has 128 valence electrons. The van der Waals surface area contributed by atoms with Crippen molar-refractivity contribution in [2.45, 2.75) is 19.5 Å². The molecule has 0 saturated heterocycles. The molecule has 2 aromatic carbocycles. The average Bonchev–Trinajstić information content (AvgIpc) is 2.60. The predicted octanol–water partition coefficient (Wildman–Crippen LogP) is 3.83. The van der Waals surface area contributed by atoms with Gasteiger partial charge in [-0.3, -0.25) is 4.79 Å². The predicted molar refractivity (Wildman–Crippen MR) is 86.8 cm³/mol. The van der Waals surface area contributed by atoms with Crippen LogP contribution in [-0.2, 0) is 0 Å². The lowest BCUT2D eigenvalue weighted by Gasteiger charge is -2.14. The maximum Gasteiger partial charge on any atom is 0.387 e. The number of methoxy groups -OCH3 is 1. The molecule has 0 spiro atoms. The first-order valence-corrected chi connectivity index (χ1v) is 7.47. The number of rotatable bonds is 7. The Morgan fingerprint density at radius 3 is 2.46 bits per heavy atom. The third kappa shape index (κ3) is 4.68. The second-order valence-corrected chi connectivity index (χ2v) is 5.27. The molecular weight excluding hydrogens is 316 g/mol. The van der Waals surface area contributed by atoms with Crippen LogP contribution in [0.5, 0.6) is 11.5 Å². The molecule has 1 amide bonds. The Morgan fingerprint density at radius 2 is 1.83 bits per heavy atom. The Hall–Kier alpha value is -2.63. The quantitative estimate of drug-likeness (QED) is 0.836. The molecule has 0 bridgehead atoms. The van der Waals surface area contributed by atoms with E-state index >= 15 is 0 Å². The van der Waals surface area contributed by atoms with E-state index in [9.17, 15) is 13.6 Å². The van der Waals surface area contributed by atoms with Gasteiger partial charge < -0.3 is 14.8 Å². The highest BCUT2D eigenvalue weighted by Gasteiger charge is 2.15. The molecule has 1 atom stereocenters. The number of benzene rings is 2. The molecule has 0 aliphatic rings. The largest absolute Gasteiger partial charge is 0.493 e. The fourth-order valence-electron chi connectivity index (χ4n) is 2.25. The summed E-state index contributed by atoms with van der Waals surface area (Å²) < 4.78 is 33.9. The van der Waals surface area contributed by atoms with Gasteiger partial charge in [-0.2, -0.15) is 8.78 Å². The summed E-state index contributed by atoms with van der Waals surface area (Å²) in [6.45, 7) is -0.485. The minimum absolute atomic E-state index is 0.0825. The summed E-state index contributed by atoms with van der Waals surface area (Å²) in [5.41, 5.74) is 1.43. The van der Waals surface area contributed by atoms with Crippen molar-refractivity contribution in [1.29, 1.82) is 0 Å². The number of amides is 1. The van der Waals surface area contributed by atoms with Crippen LogP contribution in [-0.4, -0.2) is 26.2 Å². The number of halogens is 2. The minimum atomic E-state index is -2.95. The van der Waals surface area contributed by atoms with Crippen molar-refractivity contribution in [3.63, 3.8) is 0 Å². The lowest BCUT2D eigenvalue weighted by Crippen LogP contribution is -2.27. The van der Waals surface area contributed by atoms with Crippen molar-refractivity contribution in [1.82, 2.24) is 5.32 Å².